The zero-order valence-electron chi connectivity index (χ0n) is 10.4. The lowest BCUT2D eigenvalue weighted by Gasteiger charge is -2.09. The third-order valence-corrected chi connectivity index (χ3v) is 4.21. The third kappa shape index (κ3) is 3.41. The summed E-state index contributed by atoms with van der Waals surface area (Å²) >= 11 is 5.81. The van der Waals surface area contributed by atoms with Crippen molar-refractivity contribution in [2.75, 3.05) is 4.72 Å². The topological polar surface area (TPSA) is 110 Å². The van der Waals surface area contributed by atoms with E-state index in [9.17, 15) is 23.6 Å². The van der Waals surface area contributed by atoms with E-state index < -0.39 is 14.9 Å². The Bertz CT molecular complexity index is 807. The fraction of sp³-hybridized carbons (Fsp3) is 0. The SMILES string of the molecule is O=[N+]([O-])c1cccc(S(=O)(=O)Nc2ccc(O)cc2Cl)c1. The Balaban J connectivity index is 2.38. The largest absolute Gasteiger partial charge is 0.508 e. The molecule has 2 N–H and O–H groups in total. The molecule has 0 aromatic heterocycles. The van der Waals surface area contributed by atoms with Gasteiger partial charge in [-0.3, -0.25) is 14.8 Å². The first-order valence-corrected chi connectivity index (χ1v) is 7.41. The number of halogens is 1. The van der Waals surface area contributed by atoms with Crippen LogP contribution in [0.5, 0.6) is 5.75 Å². The molecule has 9 heteroatoms. The molecule has 0 aliphatic carbocycles. The molecule has 0 bridgehead atoms. The van der Waals surface area contributed by atoms with E-state index >= 15 is 0 Å². The van der Waals surface area contributed by atoms with Crippen LogP contribution in [0.25, 0.3) is 0 Å². The van der Waals surface area contributed by atoms with Crippen molar-refractivity contribution in [2.45, 2.75) is 4.90 Å². The van der Waals surface area contributed by atoms with Crippen molar-refractivity contribution in [2.24, 2.45) is 0 Å². The first-order chi connectivity index (χ1) is 9.79. The van der Waals surface area contributed by atoms with Crippen LogP contribution in [-0.4, -0.2) is 18.4 Å². The Morgan fingerprint density at radius 1 is 1.19 bits per heavy atom. The number of aromatic hydroxyl groups is 1. The van der Waals surface area contributed by atoms with E-state index in [4.69, 9.17) is 11.6 Å². The van der Waals surface area contributed by atoms with Crippen LogP contribution in [0.4, 0.5) is 11.4 Å². The number of nitrogens with one attached hydrogen (secondary N) is 1. The molecule has 0 fully saturated rings. The molecule has 0 spiro atoms. The van der Waals surface area contributed by atoms with Crippen LogP contribution in [0.3, 0.4) is 0 Å². The van der Waals surface area contributed by atoms with Crippen molar-refractivity contribution in [1.82, 2.24) is 0 Å². The summed E-state index contributed by atoms with van der Waals surface area (Å²) in [6.07, 6.45) is 0. The number of phenolic OH excluding ortho intramolecular Hbond substituents is 1. The maximum atomic E-state index is 12.2. The number of nitro benzene ring substituents is 1. The highest BCUT2D eigenvalue weighted by atomic mass is 35.5. The van der Waals surface area contributed by atoms with E-state index in [0.29, 0.717) is 0 Å². The summed E-state index contributed by atoms with van der Waals surface area (Å²) in [4.78, 5) is 9.72. The van der Waals surface area contributed by atoms with Gasteiger partial charge in [-0.05, 0) is 18.2 Å². The second kappa shape index (κ2) is 5.58. The van der Waals surface area contributed by atoms with E-state index in [-0.39, 0.29) is 27.0 Å². The van der Waals surface area contributed by atoms with Crippen molar-refractivity contribution in [1.29, 1.82) is 0 Å². The third-order valence-electron chi connectivity index (χ3n) is 2.54. The van der Waals surface area contributed by atoms with Crippen LogP contribution >= 0.6 is 11.6 Å². The smallest absolute Gasteiger partial charge is 0.270 e. The normalized spacial score (nSPS) is 11.1. The number of phenols is 1. The van der Waals surface area contributed by atoms with Crippen molar-refractivity contribution in [3.63, 3.8) is 0 Å². The predicted octanol–water partition coefficient (Wildman–Crippen LogP) is 2.75. The lowest BCUT2D eigenvalue weighted by Crippen LogP contribution is -2.13. The Hall–Kier alpha value is -2.32. The van der Waals surface area contributed by atoms with Crippen LogP contribution in [0.2, 0.25) is 5.02 Å². The van der Waals surface area contributed by atoms with Gasteiger partial charge in [0.15, 0.2) is 0 Å². The maximum Gasteiger partial charge on any atom is 0.270 e. The van der Waals surface area contributed by atoms with Gasteiger partial charge < -0.3 is 5.11 Å². The second-order valence-corrected chi connectivity index (χ2v) is 6.11. The van der Waals surface area contributed by atoms with Crippen LogP contribution < -0.4 is 4.72 Å². The summed E-state index contributed by atoms with van der Waals surface area (Å²) in [6.45, 7) is 0. The highest BCUT2D eigenvalue weighted by Gasteiger charge is 2.18. The highest BCUT2D eigenvalue weighted by molar-refractivity contribution is 7.92. The van der Waals surface area contributed by atoms with Gasteiger partial charge in [0.05, 0.1) is 20.5 Å². The fourth-order valence-electron chi connectivity index (χ4n) is 1.55. The lowest BCUT2D eigenvalue weighted by atomic mass is 10.3. The van der Waals surface area contributed by atoms with Crippen LogP contribution in [0.15, 0.2) is 47.4 Å². The zero-order valence-corrected chi connectivity index (χ0v) is 11.9. The fourth-order valence-corrected chi connectivity index (χ4v) is 2.95. The number of nitro groups is 1. The second-order valence-electron chi connectivity index (χ2n) is 4.02. The molecule has 2 rings (SSSR count). The van der Waals surface area contributed by atoms with Gasteiger partial charge in [0, 0.05) is 18.2 Å². The van der Waals surface area contributed by atoms with Gasteiger partial charge >= 0.3 is 0 Å². The van der Waals surface area contributed by atoms with E-state index in [1.54, 1.807) is 0 Å². The molecule has 0 saturated carbocycles. The van der Waals surface area contributed by atoms with Crippen molar-refractivity contribution < 1.29 is 18.4 Å². The lowest BCUT2D eigenvalue weighted by molar-refractivity contribution is -0.385. The Morgan fingerprint density at radius 3 is 2.52 bits per heavy atom. The van der Waals surface area contributed by atoms with Crippen LogP contribution in [0.1, 0.15) is 0 Å². The van der Waals surface area contributed by atoms with E-state index in [0.717, 1.165) is 6.07 Å². The Kier molecular flexibility index (Phi) is 4.01. The number of nitrogens with zero attached hydrogens (tertiary/aromatic N) is 1. The molecule has 110 valence electrons. The summed E-state index contributed by atoms with van der Waals surface area (Å²) in [5.41, 5.74) is -0.282. The summed E-state index contributed by atoms with van der Waals surface area (Å²) < 4.78 is 26.5. The van der Waals surface area contributed by atoms with Gasteiger partial charge in [-0.25, -0.2) is 8.42 Å². The van der Waals surface area contributed by atoms with Gasteiger partial charge in [0.1, 0.15) is 5.75 Å². The molecule has 0 unspecified atom stereocenters. The van der Waals surface area contributed by atoms with Gasteiger partial charge in [-0.2, -0.15) is 0 Å². The predicted molar refractivity (Wildman–Crippen MR) is 77.0 cm³/mol. The standard InChI is InChI=1S/C12H9ClN2O5S/c13-11-7-9(16)4-5-12(11)14-21(19,20)10-3-1-2-8(6-10)15(17)18/h1-7,14,16H. The Labute approximate surface area is 125 Å². The highest BCUT2D eigenvalue weighted by Crippen LogP contribution is 2.28. The maximum absolute atomic E-state index is 12.2. The van der Waals surface area contributed by atoms with Gasteiger partial charge in [0.2, 0.25) is 0 Å². The Morgan fingerprint density at radius 2 is 1.90 bits per heavy atom. The molecule has 0 atom stereocenters. The molecule has 0 heterocycles. The van der Waals surface area contributed by atoms with Gasteiger partial charge in [0.25, 0.3) is 15.7 Å². The minimum atomic E-state index is -4.03. The molecule has 2 aromatic carbocycles. The number of rotatable bonds is 4. The summed E-state index contributed by atoms with van der Waals surface area (Å²) in [5.74, 6) is -0.113. The van der Waals surface area contributed by atoms with E-state index in [1.165, 1.54) is 36.4 Å². The van der Waals surface area contributed by atoms with Gasteiger partial charge in [-0.15, -0.1) is 0 Å². The minimum Gasteiger partial charge on any atom is -0.508 e. The number of hydrogen-bond donors (Lipinski definition) is 2. The zero-order chi connectivity index (χ0) is 15.6. The van der Waals surface area contributed by atoms with Crippen LogP contribution in [0, 0.1) is 10.1 Å². The molecule has 0 amide bonds. The van der Waals surface area contributed by atoms with Gasteiger partial charge in [-0.1, -0.05) is 17.7 Å². The average Bonchev–Trinajstić information content (AvgIpc) is 2.42. The summed E-state index contributed by atoms with van der Waals surface area (Å²) in [7, 11) is -4.03. The number of hydrogen-bond acceptors (Lipinski definition) is 5. The molecule has 0 aliphatic rings. The summed E-state index contributed by atoms with van der Waals surface area (Å²) in [6, 6.07) is 8.34. The molecule has 7 nitrogen and oxygen atoms in total. The van der Waals surface area contributed by atoms with Crippen molar-refractivity contribution in [3.05, 3.63) is 57.6 Å². The first-order valence-electron chi connectivity index (χ1n) is 5.55. The number of sulfonamides is 1. The quantitative estimate of drug-likeness (QED) is 0.509. The van der Waals surface area contributed by atoms with E-state index in [1.807, 2.05) is 0 Å². The molecular formula is C12H9ClN2O5S. The summed E-state index contributed by atoms with van der Waals surface area (Å²) in [5, 5.41) is 19.9. The molecule has 21 heavy (non-hydrogen) atoms. The van der Waals surface area contributed by atoms with Crippen LogP contribution in [-0.2, 0) is 10.0 Å². The average molecular weight is 329 g/mol. The monoisotopic (exact) mass is 328 g/mol. The first kappa shape index (κ1) is 15.1. The molecule has 2 aromatic rings. The van der Waals surface area contributed by atoms with E-state index in [2.05, 4.69) is 4.72 Å². The van der Waals surface area contributed by atoms with Crippen molar-refractivity contribution in [3.8, 4) is 5.75 Å². The molecule has 0 radical (unpaired) electrons. The minimum absolute atomic E-state index is 0.00371. The number of anilines is 1. The molecular weight excluding hydrogens is 320 g/mol. The van der Waals surface area contributed by atoms with Crippen molar-refractivity contribution >= 4 is 33.0 Å². The molecule has 0 aliphatic heterocycles. The number of benzene rings is 2. The molecule has 0 saturated heterocycles. The number of non-ortho nitro benzene ring substituents is 1.